The van der Waals surface area contributed by atoms with Crippen LogP contribution in [0.5, 0.6) is 0 Å². The van der Waals surface area contributed by atoms with Gasteiger partial charge in [-0.1, -0.05) is 41.4 Å². The minimum Gasteiger partial charge on any atom is -0.362 e. The summed E-state index contributed by atoms with van der Waals surface area (Å²) < 4.78 is 1.54. The van der Waals surface area contributed by atoms with Crippen molar-refractivity contribution in [2.45, 2.75) is 13.5 Å². The summed E-state index contributed by atoms with van der Waals surface area (Å²) in [6, 6.07) is 15.7. The van der Waals surface area contributed by atoms with Crippen LogP contribution in [0.1, 0.15) is 21.5 Å². The van der Waals surface area contributed by atoms with Gasteiger partial charge in [-0.3, -0.25) is 19.7 Å². The van der Waals surface area contributed by atoms with Gasteiger partial charge in [0.15, 0.2) is 0 Å². The third-order valence-corrected chi connectivity index (χ3v) is 5.96. The van der Waals surface area contributed by atoms with Gasteiger partial charge in [0.2, 0.25) is 0 Å². The van der Waals surface area contributed by atoms with Crippen LogP contribution in [0.15, 0.2) is 65.6 Å². The van der Waals surface area contributed by atoms with Crippen LogP contribution in [-0.2, 0) is 6.54 Å². The number of piperazine rings is 1. The van der Waals surface area contributed by atoms with E-state index >= 15 is 0 Å². The normalized spacial score (nSPS) is 13.8. The number of hydrogen-bond donors (Lipinski definition) is 0. The quantitative estimate of drug-likeness (QED) is 0.422. The van der Waals surface area contributed by atoms with Gasteiger partial charge in [-0.2, -0.15) is 0 Å². The fourth-order valence-corrected chi connectivity index (χ4v) is 4.23. The Bertz CT molecular complexity index is 1270. The van der Waals surface area contributed by atoms with Crippen molar-refractivity contribution in [3.05, 3.63) is 103 Å². The van der Waals surface area contributed by atoms with E-state index in [1.807, 2.05) is 36.1 Å². The van der Waals surface area contributed by atoms with E-state index in [1.165, 1.54) is 10.6 Å². The molecule has 1 aromatic heterocycles. The molecule has 1 aliphatic rings. The highest BCUT2D eigenvalue weighted by atomic mass is 35.5. The lowest BCUT2D eigenvalue weighted by atomic mass is 10.1. The van der Waals surface area contributed by atoms with E-state index < -0.39 is 4.92 Å². The minimum atomic E-state index is -0.459. The van der Waals surface area contributed by atoms with Crippen molar-refractivity contribution in [2.24, 2.45) is 0 Å². The molecule has 0 N–H and O–H groups in total. The Hall–Kier alpha value is -3.65. The molecule has 170 valence electrons. The summed E-state index contributed by atoms with van der Waals surface area (Å²) in [5.74, 6) is -0.330. The highest BCUT2D eigenvalue weighted by Crippen LogP contribution is 2.31. The number of amides is 1. The number of carbonyl (C=O) groups is 1. The topological polar surface area (TPSA) is 88.7 Å². The first-order chi connectivity index (χ1) is 15.8. The number of nitrogens with zero attached hydrogens (tertiary/aromatic N) is 4. The summed E-state index contributed by atoms with van der Waals surface area (Å²) in [6.45, 7) is 3.91. The predicted molar refractivity (Wildman–Crippen MR) is 127 cm³/mol. The van der Waals surface area contributed by atoms with Crippen LogP contribution in [0.2, 0.25) is 5.02 Å². The van der Waals surface area contributed by atoms with Crippen LogP contribution in [0.4, 0.5) is 11.4 Å². The number of hydrogen-bond acceptors (Lipinski definition) is 5. The Labute approximate surface area is 195 Å². The van der Waals surface area contributed by atoms with Gasteiger partial charge in [-0.15, -0.1) is 0 Å². The Morgan fingerprint density at radius 2 is 1.82 bits per heavy atom. The Morgan fingerprint density at radius 3 is 2.52 bits per heavy atom. The Kier molecular flexibility index (Phi) is 6.46. The van der Waals surface area contributed by atoms with Gasteiger partial charge in [-0.05, 0) is 36.8 Å². The molecule has 1 fully saturated rings. The van der Waals surface area contributed by atoms with Gasteiger partial charge in [0.1, 0.15) is 11.3 Å². The monoisotopic (exact) mass is 466 g/mol. The lowest BCUT2D eigenvalue weighted by Gasteiger charge is -2.35. The molecule has 4 rings (SSSR count). The molecular formula is C24H23ClN4O4. The summed E-state index contributed by atoms with van der Waals surface area (Å²) in [5, 5.41) is 11.7. The number of pyridine rings is 1. The molecule has 0 radical (unpaired) electrons. The molecule has 3 aromatic rings. The maximum atomic E-state index is 13.1. The fraction of sp³-hybridized carbons (Fsp3) is 0.250. The van der Waals surface area contributed by atoms with Crippen molar-refractivity contribution in [3.63, 3.8) is 0 Å². The van der Waals surface area contributed by atoms with E-state index in [0.29, 0.717) is 43.4 Å². The van der Waals surface area contributed by atoms with Gasteiger partial charge >= 0.3 is 0 Å². The molecule has 0 saturated carbocycles. The van der Waals surface area contributed by atoms with Crippen molar-refractivity contribution in [1.82, 2.24) is 9.47 Å². The molecule has 2 heterocycles. The van der Waals surface area contributed by atoms with E-state index in [4.69, 9.17) is 11.6 Å². The molecule has 0 bridgehead atoms. The van der Waals surface area contributed by atoms with Crippen LogP contribution in [-0.4, -0.2) is 46.5 Å². The molecule has 0 aliphatic carbocycles. The molecule has 9 heteroatoms. The number of nitro groups is 1. The molecule has 8 nitrogen and oxygen atoms in total. The zero-order chi connectivity index (χ0) is 23.5. The van der Waals surface area contributed by atoms with Crippen molar-refractivity contribution in [2.75, 3.05) is 31.1 Å². The van der Waals surface area contributed by atoms with E-state index in [-0.39, 0.29) is 22.7 Å². The largest absolute Gasteiger partial charge is 0.362 e. The summed E-state index contributed by atoms with van der Waals surface area (Å²) in [4.78, 5) is 40.5. The smallest absolute Gasteiger partial charge is 0.294 e. The average molecular weight is 467 g/mol. The number of benzene rings is 2. The minimum absolute atomic E-state index is 0.0654. The molecule has 2 aromatic carbocycles. The molecule has 33 heavy (non-hydrogen) atoms. The summed E-state index contributed by atoms with van der Waals surface area (Å²) in [5.41, 5.74) is 2.28. The van der Waals surface area contributed by atoms with Crippen molar-refractivity contribution >= 4 is 28.9 Å². The molecule has 1 aliphatic heterocycles. The Morgan fingerprint density at radius 1 is 1.06 bits per heavy atom. The van der Waals surface area contributed by atoms with Gasteiger partial charge in [-0.25, -0.2) is 0 Å². The van der Waals surface area contributed by atoms with Gasteiger partial charge < -0.3 is 14.4 Å². The third-order valence-electron chi connectivity index (χ3n) is 5.73. The van der Waals surface area contributed by atoms with Gasteiger partial charge in [0.25, 0.3) is 17.2 Å². The highest BCUT2D eigenvalue weighted by molar-refractivity contribution is 6.30. The highest BCUT2D eigenvalue weighted by Gasteiger charge is 2.27. The predicted octanol–water partition coefficient (Wildman–Crippen LogP) is 3.73. The second-order valence-corrected chi connectivity index (χ2v) is 8.45. The van der Waals surface area contributed by atoms with Crippen molar-refractivity contribution < 1.29 is 9.72 Å². The fourth-order valence-electron chi connectivity index (χ4n) is 4.06. The van der Waals surface area contributed by atoms with Crippen LogP contribution in [0.3, 0.4) is 0 Å². The van der Waals surface area contributed by atoms with E-state index in [1.54, 1.807) is 35.4 Å². The molecule has 0 atom stereocenters. The summed E-state index contributed by atoms with van der Waals surface area (Å²) in [7, 11) is 0. The molecular weight excluding hydrogens is 444 g/mol. The first kappa shape index (κ1) is 22.5. The molecule has 1 saturated heterocycles. The average Bonchev–Trinajstić information content (AvgIpc) is 2.80. The van der Waals surface area contributed by atoms with Gasteiger partial charge in [0, 0.05) is 43.5 Å². The summed E-state index contributed by atoms with van der Waals surface area (Å²) in [6.07, 6.45) is 1.68. The number of aromatic nitrogens is 1. The van der Waals surface area contributed by atoms with Crippen molar-refractivity contribution in [3.8, 4) is 0 Å². The zero-order valence-electron chi connectivity index (χ0n) is 18.1. The maximum absolute atomic E-state index is 13.1. The standard InChI is InChI=1S/C24H23ClN4O4/c1-17-4-2-5-18(14-17)16-28-9-3-6-20(24(28)31)23(30)27-12-10-26(11-13-27)21-8-7-19(25)15-22(21)29(32)33/h2-9,14-15H,10-13,16H2,1H3. The lowest BCUT2D eigenvalue weighted by molar-refractivity contribution is -0.384. The maximum Gasteiger partial charge on any atom is 0.294 e. The van der Waals surface area contributed by atoms with E-state index in [2.05, 4.69) is 0 Å². The number of halogens is 1. The number of rotatable bonds is 5. The number of anilines is 1. The van der Waals surface area contributed by atoms with Crippen LogP contribution in [0.25, 0.3) is 0 Å². The van der Waals surface area contributed by atoms with Gasteiger partial charge in [0.05, 0.1) is 11.5 Å². The molecule has 0 spiro atoms. The second kappa shape index (κ2) is 9.46. The third kappa shape index (κ3) is 4.90. The van der Waals surface area contributed by atoms with Crippen molar-refractivity contribution in [1.29, 1.82) is 0 Å². The van der Waals surface area contributed by atoms with Crippen LogP contribution < -0.4 is 10.5 Å². The molecule has 0 unspecified atom stereocenters. The number of nitro benzene ring substituents is 1. The first-order valence-corrected chi connectivity index (χ1v) is 10.9. The number of carbonyl (C=O) groups excluding carboxylic acids is 1. The summed E-state index contributed by atoms with van der Waals surface area (Å²) >= 11 is 5.91. The van der Waals surface area contributed by atoms with Crippen LogP contribution in [0, 0.1) is 17.0 Å². The van der Waals surface area contributed by atoms with E-state index in [9.17, 15) is 19.7 Å². The number of aryl methyl sites for hydroxylation is 1. The molecule has 1 amide bonds. The first-order valence-electron chi connectivity index (χ1n) is 10.6. The van der Waals surface area contributed by atoms with E-state index in [0.717, 1.165) is 11.1 Å². The SMILES string of the molecule is Cc1cccc(Cn2cccc(C(=O)N3CCN(c4ccc(Cl)cc4[N+](=O)[O-])CC3)c2=O)c1. The zero-order valence-corrected chi connectivity index (χ0v) is 18.9. The van der Waals surface area contributed by atoms with Crippen LogP contribution >= 0.6 is 11.6 Å². The second-order valence-electron chi connectivity index (χ2n) is 8.01. The Balaban J connectivity index is 1.48. The lowest BCUT2D eigenvalue weighted by Crippen LogP contribution is -2.50.